The van der Waals surface area contributed by atoms with Crippen LogP contribution in [0.4, 0.5) is 0 Å². The Balaban J connectivity index is 1.26. The number of benzene rings is 1. The second-order valence-electron chi connectivity index (χ2n) is 11.7. The van der Waals surface area contributed by atoms with E-state index in [1.807, 2.05) is 41.1 Å². The van der Waals surface area contributed by atoms with Crippen molar-refractivity contribution in [2.24, 2.45) is 5.92 Å². The molecule has 2 N–H and O–H groups in total. The predicted octanol–water partition coefficient (Wildman–Crippen LogP) is 4.57. The molecule has 2 amide bonds. The Morgan fingerprint density at radius 3 is 2.58 bits per heavy atom. The first kappa shape index (κ1) is 27.2. The van der Waals surface area contributed by atoms with Crippen molar-refractivity contribution in [1.82, 2.24) is 25.0 Å². The van der Waals surface area contributed by atoms with E-state index in [1.165, 1.54) is 44.9 Å². The standard InChI is InChI=1S/C30H42ClN5O2/c1-34(2)25-11-13-35(14-12-25)20-27(21-7-4-3-5-8-21)33-29(37)17-26-18-32-30(38)28-16-23(19-36(26)28)22-9-6-10-24(31)15-22/h6,9-10,15-16,19,21,25-27H,3-5,7-8,11-14,17-18,20H2,1-2H3,(H,32,38)(H,33,37)/t26-,27-/m1/s1. The van der Waals surface area contributed by atoms with E-state index in [1.54, 1.807) is 0 Å². The molecule has 0 bridgehead atoms. The van der Waals surface area contributed by atoms with Gasteiger partial charge in [-0.1, -0.05) is 43.0 Å². The number of piperidine rings is 1. The van der Waals surface area contributed by atoms with Gasteiger partial charge in [0.1, 0.15) is 5.69 Å². The molecule has 38 heavy (non-hydrogen) atoms. The third-order valence-corrected chi connectivity index (χ3v) is 9.09. The number of nitrogens with one attached hydrogen (secondary N) is 2. The summed E-state index contributed by atoms with van der Waals surface area (Å²) < 4.78 is 1.98. The molecule has 2 aromatic rings. The zero-order valence-electron chi connectivity index (χ0n) is 22.8. The SMILES string of the molecule is CN(C)C1CCN(C[C@@H](NC(=O)C[C@@H]2CNC(=O)c3cc(-c4cccc(Cl)c4)cn32)C2CCCCC2)CC1. The predicted molar refractivity (Wildman–Crippen MR) is 153 cm³/mol. The third kappa shape index (κ3) is 6.44. The fourth-order valence-corrected chi connectivity index (χ4v) is 6.77. The molecule has 1 aromatic carbocycles. The topological polar surface area (TPSA) is 69.6 Å². The van der Waals surface area contributed by atoms with Gasteiger partial charge < -0.3 is 25.0 Å². The van der Waals surface area contributed by atoms with Crippen LogP contribution < -0.4 is 10.6 Å². The Bertz CT molecular complexity index is 1120. The van der Waals surface area contributed by atoms with Gasteiger partial charge in [0.15, 0.2) is 0 Å². The number of likely N-dealkylation sites (tertiary alicyclic amines) is 1. The molecule has 2 aliphatic heterocycles. The monoisotopic (exact) mass is 539 g/mol. The molecule has 3 heterocycles. The fourth-order valence-electron chi connectivity index (χ4n) is 6.58. The van der Waals surface area contributed by atoms with Crippen molar-refractivity contribution in [3.05, 3.63) is 47.2 Å². The summed E-state index contributed by atoms with van der Waals surface area (Å²) in [5.41, 5.74) is 2.49. The average Bonchev–Trinajstić information content (AvgIpc) is 3.38. The van der Waals surface area contributed by atoms with E-state index in [0.717, 1.165) is 30.8 Å². The van der Waals surface area contributed by atoms with E-state index in [0.29, 0.717) is 35.6 Å². The summed E-state index contributed by atoms with van der Waals surface area (Å²) in [6.07, 6.45) is 10.9. The quantitative estimate of drug-likeness (QED) is 0.515. The van der Waals surface area contributed by atoms with Gasteiger partial charge in [0.25, 0.3) is 5.91 Å². The summed E-state index contributed by atoms with van der Waals surface area (Å²) in [5.74, 6) is 0.520. The normalized spacial score (nSPS) is 22.2. The van der Waals surface area contributed by atoms with Crippen LogP contribution in [0.15, 0.2) is 36.5 Å². The van der Waals surface area contributed by atoms with Crippen molar-refractivity contribution >= 4 is 23.4 Å². The van der Waals surface area contributed by atoms with Crippen LogP contribution in [-0.2, 0) is 4.79 Å². The van der Waals surface area contributed by atoms with Crippen LogP contribution in [0.2, 0.25) is 5.02 Å². The van der Waals surface area contributed by atoms with E-state index in [9.17, 15) is 9.59 Å². The maximum atomic E-state index is 13.5. The summed E-state index contributed by atoms with van der Waals surface area (Å²) in [6.45, 7) is 3.58. The number of fused-ring (bicyclic) bond motifs is 1. The highest BCUT2D eigenvalue weighted by atomic mass is 35.5. The molecule has 2 fully saturated rings. The number of nitrogens with zero attached hydrogens (tertiary/aromatic N) is 3. The molecule has 1 saturated heterocycles. The van der Waals surface area contributed by atoms with Crippen LogP contribution in [-0.4, -0.2) is 78.5 Å². The first-order chi connectivity index (χ1) is 18.4. The molecule has 0 unspecified atom stereocenters. The van der Waals surface area contributed by atoms with Crippen molar-refractivity contribution in [2.75, 3.05) is 40.3 Å². The second kappa shape index (κ2) is 12.2. The van der Waals surface area contributed by atoms with E-state index >= 15 is 0 Å². The first-order valence-corrected chi connectivity index (χ1v) is 14.7. The van der Waals surface area contributed by atoms with Crippen molar-refractivity contribution in [1.29, 1.82) is 0 Å². The maximum absolute atomic E-state index is 13.5. The minimum Gasteiger partial charge on any atom is -0.352 e. The molecule has 8 heteroatoms. The first-order valence-electron chi connectivity index (χ1n) is 14.3. The lowest BCUT2D eigenvalue weighted by atomic mass is 9.83. The molecular weight excluding hydrogens is 498 g/mol. The van der Waals surface area contributed by atoms with Gasteiger partial charge in [0.2, 0.25) is 5.91 Å². The molecule has 5 rings (SSSR count). The summed E-state index contributed by atoms with van der Waals surface area (Å²) in [6, 6.07) is 10.3. The number of amides is 2. The molecular formula is C30H42ClN5O2. The molecule has 1 saturated carbocycles. The Labute approximate surface area is 231 Å². The summed E-state index contributed by atoms with van der Waals surface area (Å²) in [4.78, 5) is 31.0. The van der Waals surface area contributed by atoms with E-state index in [-0.39, 0.29) is 23.9 Å². The molecule has 7 nitrogen and oxygen atoms in total. The maximum Gasteiger partial charge on any atom is 0.268 e. The van der Waals surface area contributed by atoms with Gasteiger partial charge in [0, 0.05) is 48.4 Å². The number of carbonyl (C=O) groups is 2. The molecule has 2 atom stereocenters. The van der Waals surface area contributed by atoms with Crippen LogP contribution in [0.25, 0.3) is 11.1 Å². The van der Waals surface area contributed by atoms with Crippen molar-refractivity contribution in [3.63, 3.8) is 0 Å². The lowest BCUT2D eigenvalue weighted by Crippen LogP contribution is -2.52. The summed E-state index contributed by atoms with van der Waals surface area (Å²) in [7, 11) is 4.35. The lowest BCUT2D eigenvalue weighted by Gasteiger charge is -2.39. The second-order valence-corrected chi connectivity index (χ2v) is 12.1. The largest absolute Gasteiger partial charge is 0.352 e. The summed E-state index contributed by atoms with van der Waals surface area (Å²) >= 11 is 6.21. The number of halogens is 1. The average molecular weight is 540 g/mol. The lowest BCUT2D eigenvalue weighted by molar-refractivity contribution is -0.123. The fraction of sp³-hybridized carbons (Fsp3) is 0.600. The van der Waals surface area contributed by atoms with Crippen molar-refractivity contribution < 1.29 is 9.59 Å². The van der Waals surface area contributed by atoms with E-state index in [4.69, 9.17) is 11.6 Å². The summed E-state index contributed by atoms with van der Waals surface area (Å²) in [5, 5.41) is 7.12. The minimum absolute atomic E-state index is 0.0776. The molecule has 0 spiro atoms. The number of hydrogen-bond donors (Lipinski definition) is 2. The molecule has 1 aliphatic carbocycles. The molecule has 206 valence electrons. The van der Waals surface area contributed by atoms with Gasteiger partial charge >= 0.3 is 0 Å². The van der Waals surface area contributed by atoms with E-state index in [2.05, 4.69) is 34.5 Å². The molecule has 0 radical (unpaired) electrons. The van der Waals surface area contributed by atoms with Gasteiger partial charge in [-0.05, 0) is 82.5 Å². The minimum atomic E-state index is -0.113. The Hall–Kier alpha value is -2.35. The van der Waals surface area contributed by atoms with Gasteiger partial charge in [0.05, 0.1) is 6.04 Å². The Kier molecular flexibility index (Phi) is 8.76. The van der Waals surface area contributed by atoms with Gasteiger partial charge in [-0.25, -0.2) is 0 Å². The van der Waals surface area contributed by atoms with Crippen molar-refractivity contribution in [3.8, 4) is 11.1 Å². The zero-order valence-corrected chi connectivity index (χ0v) is 23.6. The number of hydrogen-bond acceptors (Lipinski definition) is 4. The van der Waals surface area contributed by atoms with Gasteiger partial charge in [-0.2, -0.15) is 0 Å². The van der Waals surface area contributed by atoms with Gasteiger partial charge in [-0.3, -0.25) is 9.59 Å². The van der Waals surface area contributed by atoms with Crippen molar-refractivity contribution in [2.45, 2.75) is 69.5 Å². The number of aromatic nitrogens is 1. The van der Waals surface area contributed by atoms with Crippen LogP contribution in [0.5, 0.6) is 0 Å². The number of rotatable bonds is 8. The van der Waals surface area contributed by atoms with Gasteiger partial charge in [-0.15, -0.1) is 0 Å². The Morgan fingerprint density at radius 1 is 1.11 bits per heavy atom. The van der Waals surface area contributed by atoms with Crippen LogP contribution in [0.1, 0.15) is 67.9 Å². The third-order valence-electron chi connectivity index (χ3n) is 8.86. The molecule has 1 aromatic heterocycles. The van der Waals surface area contributed by atoms with Crippen LogP contribution >= 0.6 is 11.6 Å². The van der Waals surface area contributed by atoms with Crippen LogP contribution in [0, 0.1) is 5.92 Å². The molecule has 3 aliphatic rings. The number of carbonyl (C=O) groups excluding carboxylic acids is 2. The highest BCUT2D eigenvalue weighted by Crippen LogP contribution is 2.31. The van der Waals surface area contributed by atoms with Crippen LogP contribution in [0.3, 0.4) is 0 Å². The highest BCUT2D eigenvalue weighted by molar-refractivity contribution is 6.30. The zero-order chi connectivity index (χ0) is 26.6. The highest BCUT2D eigenvalue weighted by Gasteiger charge is 2.32. The smallest absolute Gasteiger partial charge is 0.268 e. The Morgan fingerprint density at radius 2 is 1.87 bits per heavy atom. The van der Waals surface area contributed by atoms with E-state index < -0.39 is 0 Å².